The Hall–Kier alpha value is -2.29. The molecule has 0 aromatic heterocycles. The molecule has 0 aliphatic carbocycles. The zero-order valence-electron chi connectivity index (χ0n) is 15.2. The molecule has 2 atom stereocenters. The highest BCUT2D eigenvalue weighted by molar-refractivity contribution is 5.81. The van der Waals surface area contributed by atoms with Gasteiger partial charge < -0.3 is 19.3 Å². The number of benzene rings is 1. The van der Waals surface area contributed by atoms with E-state index in [0.717, 1.165) is 18.6 Å². The number of carbonyl (C=O) groups excluding carboxylic acids is 2. The second-order valence-electron chi connectivity index (χ2n) is 7.54. The number of urea groups is 1. The third-order valence-corrected chi connectivity index (χ3v) is 5.49. The fraction of sp³-hybridized carbons (Fsp3) is 0.579. The molecular weight excluding hydrogens is 377 g/mol. The van der Waals surface area contributed by atoms with Crippen LogP contribution in [0.2, 0.25) is 0 Å². The van der Waals surface area contributed by atoms with Crippen molar-refractivity contribution >= 4 is 11.8 Å². The summed E-state index contributed by atoms with van der Waals surface area (Å²) in [5, 5.41) is 0. The maximum atomic E-state index is 12.6. The first-order valence-corrected chi connectivity index (χ1v) is 9.30. The van der Waals surface area contributed by atoms with Gasteiger partial charge in [-0.25, -0.2) is 4.79 Å². The van der Waals surface area contributed by atoms with E-state index in [1.165, 1.54) is 12.1 Å². The zero-order chi connectivity index (χ0) is 19.9. The fourth-order valence-corrected chi connectivity index (χ4v) is 3.94. The Morgan fingerprint density at radius 3 is 2.50 bits per heavy atom. The van der Waals surface area contributed by atoms with Crippen LogP contribution in [0.25, 0.3) is 0 Å². The summed E-state index contributed by atoms with van der Waals surface area (Å²) in [5.41, 5.74) is -0.723. The van der Waals surface area contributed by atoms with Crippen LogP contribution in [0, 0.1) is 5.92 Å². The maximum Gasteiger partial charge on any atom is 0.416 e. The quantitative estimate of drug-likeness (QED) is 0.769. The summed E-state index contributed by atoms with van der Waals surface area (Å²) < 4.78 is 48.9. The van der Waals surface area contributed by atoms with Crippen LogP contribution in [-0.4, -0.2) is 66.6 Å². The van der Waals surface area contributed by atoms with E-state index in [9.17, 15) is 22.8 Å². The third kappa shape index (κ3) is 3.94. The van der Waals surface area contributed by atoms with Gasteiger partial charge in [0.1, 0.15) is 18.5 Å². The number of halogens is 3. The normalized spacial score (nSPS) is 25.9. The predicted molar refractivity (Wildman–Crippen MR) is 91.9 cm³/mol. The smallest absolute Gasteiger partial charge is 0.416 e. The Bertz CT molecular complexity index is 747. The number of piperidine rings is 1. The molecule has 3 fully saturated rings. The molecule has 3 aliphatic heterocycles. The molecule has 3 aliphatic rings. The van der Waals surface area contributed by atoms with E-state index in [0.29, 0.717) is 38.3 Å². The van der Waals surface area contributed by atoms with Crippen LogP contribution >= 0.6 is 0 Å². The van der Waals surface area contributed by atoms with Crippen molar-refractivity contribution in [3.63, 3.8) is 0 Å². The number of ether oxygens (including phenoxy) is 2. The van der Waals surface area contributed by atoms with Crippen molar-refractivity contribution in [1.82, 2.24) is 9.80 Å². The Kier molecular flexibility index (Phi) is 4.95. The number of hydrogen-bond donors (Lipinski definition) is 0. The highest BCUT2D eigenvalue weighted by Gasteiger charge is 2.40. The van der Waals surface area contributed by atoms with E-state index < -0.39 is 11.7 Å². The molecule has 3 heterocycles. The Morgan fingerprint density at radius 2 is 1.82 bits per heavy atom. The molecular formula is C19H21F3N2O4. The van der Waals surface area contributed by atoms with Crippen molar-refractivity contribution in [3.05, 3.63) is 29.8 Å². The molecule has 1 aromatic carbocycles. The van der Waals surface area contributed by atoms with Crippen molar-refractivity contribution in [2.24, 2.45) is 5.92 Å². The monoisotopic (exact) mass is 398 g/mol. The number of carbonyl (C=O) groups is 2. The van der Waals surface area contributed by atoms with Gasteiger partial charge in [0, 0.05) is 25.4 Å². The van der Waals surface area contributed by atoms with E-state index in [4.69, 9.17) is 9.47 Å². The van der Waals surface area contributed by atoms with Crippen LogP contribution in [0.3, 0.4) is 0 Å². The van der Waals surface area contributed by atoms with Crippen LogP contribution in [-0.2, 0) is 15.7 Å². The lowest BCUT2D eigenvalue weighted by Crippen LogP contribution is -2.61. The molecule has 0 N–H and O–H groups in total. The van der Waals surface area contributed by atoms with Crippen LogP contribution < -0.4 is 4.74 Å². The first kappa shape index (κ1) is 19.0. The third-order valence-electron chi connectivity index (χ3n) is 5.49. The number of fused-ring (bicyclic) bond motifs is 1. The number of amides is 2. The average Bonchev–Trinajstić information content (AvgIpc) is 2.63. The molecule has 2 amide bonds. The standard InChI is InChI=1S/C19H21F3N2O4/c20-19(21,22)13-1-3-15(4-2-13)28-16-9-24(10-16)18(26)23-6-5-17-12(8-23)7-14(25)11-27-17/h1-4,12,16-17H,5-11H2/t12-,17+/m1/s1. The van der Waals surface area contributed by atoms with Gasteiger partial charge >= 0.3 is 12.2 Å². The summed E-state index contributed by atoms with van der Waals surface area (Å²) in [6, 6.07) is 4.45. The Labute approximate surface area is 160 Å². The maximum absolute atomic E-state index is 12.6. The topological polar surface area (TPSA) is 59.1 Å². The summed E-state index contributed by atoms with van der Waals surface area (Å²) in [6.45, 7) is 2.05. The summed E-state index contributed by atoms with van der Waals surface area (Å²) in [7, 11) is 0. The molecule has 9 heteroatoms. The molecule has 0 spiro atoms. The highest BCUT2D eigenvalue weighted by atomic mass is 19.4. The SMILES string of the molecule is O=C1CO[C@H]2CCN(C(=O)N3CC(Oc4ccc(C(F)(F)F)cc4)C3)C[C@H]2C1. The minimum absolute atomic E-state index is 0.0499. The molecule has 0 unspecified atom stereocenters. The lowest BCUT2D eigenvalue weighted by molar-refractivity contribution is -0.140. The fourth-order valence-electron chi connectivity index (χ4n) is 3.94. The van der Waals surface area contributed by atoms with Gasteiger partial charge in [-0.15, -0.1) is 0 Å². The van der Waals surface area contributed by atoms with Gasteiger partial charge in [0.25, 0.3) is 0 Å². The number of alkyl halides is 3. The molecule has 0 radical (unpaired) electrons. The van der Waals surface area contributed by atoms with Gasteiger partial charge in [0.15, 0.2) is 5.78 Å². The van der Waals surface area contributed by atoms with Crippen LogP contribution in [0.4, 0.5) is 18.0 Å². The second-order valence-corrected chi connectivity index (χ2v) is 7.54. The minimum atomic E-state index is -4.38. The number of hydrogen-bond acceptors (Lipinski definition) is 4. The van der Waals surface area contributed by atoms with E-state index in [1.807, 2.05) is 0 Å². The van der Waals surface area contributed by atoms with E-state index in [-0.39, 0.29) is 36.5 Å². The Balaban J connectivity index is 1.26. The van der Waals surface area contributed by atoms with Gasteiger partial charge in [-0.3, -0.25) is 4.79 Å². The Morgan fingerprint density at radius 1 is 1.11 bits per heavy atom. The van der Waals surface area contributed by atoms with Crippen LogP contribution in [0.15, 0.2) is 24.3 Å². The number of ketones is 1. The van der Waals surface area contributed by atoms with Gasteiger partial charge in [-0.2, -0.15) is 13.2 Å². The summed E-state index contributed by atoms with van der Waals surface area (Å²) in [6.07, 6.45) is -3.39. The minimum Gasteiger partial charge on any atom is -0.487 e. The van der Waals surface area contributed by atoms with Gasteiger partial charge in [-0.05, 0) is 30.7 Å². The molecule has 0 bridgehead atoms. The lowest BCUT2D eigenvalue weighted by Gasteiger charge is -2.45. The molecule has 3 saturated heterocycles. The van der Waals surface area contributed by atoms with Crippen molar-refractivity contribution in [2.45, 2.75) is 31.2 Å². The zero-order valence-corrected chi connectivity index (χ0v) is 15.2. The van der Waals surface area contributed by atoms with Crippen molar-refractivity contribution in [2.75, 3.05) is 32.8 Å². The van der Waals surface area contributed by atoms with E-state index in [1.54, 1.807) is 9.80 Å². The van der Waals surface area contributed by atoms with Crippen LogP contribution in [0.5, 0.6) is 5.75 Å². The molecule has 1 aromatic rings. The first-order valence-electron chi connectivity index (χ1n) is 9.30. The van der Waals surface area contributed by atoms with Crippen molar-refractivity contribution in [1.29, 1.82) is 0 Å². The highest BCUT2D eigenvalue weighted by Crippen LogP contribution is 2.31. The van der Waals surface area contributed by atoms with Gasteiger partial charge in [-0.1, -0.05) is 0 Å². The predicted octanol–water partition coefficient (Wildman–Crippen LogP) is 2.57. The lowest BCUT2D eigenvalue weighted by atomic mass is 9.88. The van der Waals surface area contributed by atoms with Gasteiger partial charge in [0.05, 0.1) is 24.8 Å². The first-order chi connectivity index (χ1) is 13.3. The molecule has 0 saturated carbocycles. The van der Waals surface area contributed by atoms with E-state index >= 15 is 0 Å². The average molecular weight is 398 g/mol. The van der Waals surface area contributed by atoms with Crippen molar-refractivity contribution < 1.29 is 32.2 Å². The second kappa shape index (κ2) is 7.27. The molecule has 28 heavy (non-hydrogen) atoms. The molecule has 4 rings (SSSR count). The number of rotatable bonds is 2. The summed E-state index contributed by atoms with van der Waals surface area (Å²) in [4.78, 5) is 27.6. The van der Waals surface area contributed by atoms with E-state index in [2.05, 4.69) is 0 Å². The number of Topliss-reactive ketones (excluding diaryl/α,β-unsaturated/α-hetero) is 1. The summed E-state index contributed by atoms with van der Waals surface area (Å²) >= 11 is 0. The van der Waals surface area contributed by atoms with Gasteiger partial charge in [0.2, 0.25) is 0 Å². The van der Waals surface area contributed by atoms with Crippen LogP contribution in [0.1, 0.15) is 18.4 Å². The summed E-state index contributed by atoms with van der Waals surface area (Å²) in [5.74, 6) is 0.479. The molecule has 6 nitrogen and oxygen atoms in total. The largest absolute Gasteiger partial charge is 0.487 e. The number of likely N-dealkylation sites (tertiary alicyclic amines) is 2. The van der Waals surface area contributed by atoms with Crippen molar-refractivity contribution in [3.8, 4) is 5.75 Å². The number of nitrogens with zero attached hydrogens (tertiary/aromatic N) is 2. The molecule has 152 valence electrons.